The summed E-state index contributed by atoms with van der Waals surface area (Å²) in [7, 11) is 0. The summed E-state index contributed by atoms with van der Waals surface area (Å²) >= 11 is 6.70. The molecule has 0 radical (unpaired) electrons. The van der Waals surface area contributed by atoms with E-state index in [0.717, 1.165) is 23.0 Å². The lowest BCUT2D eigenvalue weighted by Crippen LogP contribution is -2.24. The van der Waals surface area contributed by atoms with Gasteiger partial charge in [-0.25, -0.2) is 0 Å². The molecule has 1 saturated heterocycles. The fourth-order valence-electron chi connectivity index (χ4n) is 2.07. The zero-order valence-electron chi connectivity index (χ0n) is 10.9. The molecule has 0 atom stereocenters. The van der Waals surface area contributed by atoms with Crippen LogP contribution in [-0.2, 0) is 0 Å². The van der Waals surface area contributed by atoms with Gasteiger partial charge in [0.1, 0.15) is 10.1 Å². The molecule has 0 spiro atoms. The number of thiocarbonyl (C=S) groups is 1. The van der Waals surface area contributed by atoms with E-state index >= 15 is 0 Å². The molecular formula is C14H17NO2S2. The van der Waals surface area contributed by atoms with Gasteiger partial charge in [-0.1, -0.05) is 30.0 Å². The maximum Gasteiger partial charge on any atom is 0.176 e. The molecule has 2 rings (SSSR count). The average Bonchev–Trinajstić information content (AvgIpc) is 2.89. The summed E-state index contributed by atoms with van der Waals surface area (Å²) in [6, 6.07) is 5.11. The Labute approximate surface area is 123 Å². The number of benzene rings is 1. The van der Waals surface area contributed by atoms with Crippen molar-refractivity contribution in [3.05, 3.63) is 29.3 Å². The summed E-state index contributed by atoms with van der Waals surface area (Å²) in [6.07, 6.45) is 2.35. The lowest BCUT2D eigenvalue weighted by Gasteiger charge is -2.17. The first-order valence-electron chi connectivity index (χ1n) is 6.32. The van der Waals surface area contributed by atoms with Gasteiger partial charge < -0.3 is 10.0 Å². The molecule has 1 aromatic rings. The van der Waals surface area contributed by atoms with Crippen LogP contribution in [0.3, 0.4) is 0 Å². The second kappa shape index (κ2) is 6.39. The first-order valence-corrected chi connectivity index (χ1v) is 7.72. The standard InChI is InChI=1S/C14H17NO2S2/c1-10-4-5-11(12(16)8-10)13(17)9-19-14(18)15-6-2-3-7-15/h4-5,8,16H,2-3,6-7,9H2,1H3. The Morgan fingerprint density at radius 2 is 2.11 bits per heavy atom. The average molecular weight is 295 g/mol. The van der Waals surface area contributed by atoms with E-state index in [1.807, 2.05) is 13.0 Å². The highest BCUT2D eigenvalue weighted by atomic mass is 32.2. The number of aromatic hydroxyl groups is 1. The third-order valence-electron chi connectivity index (χ3n) is 3.14. The maximum atomic E-state index is 12.0. The van der Waals surface area contributed by atoms with Crippen LogP contribution in [-0.4, -0.2) is 39.0 Å². The third-order valence-corrected chi connectivity index (χ3v) is 4.67. The number of Topliss-reactive ketones (excluding diaryl/α,β-unsaturated/α-hetero) is 1. The molecule has 1 N–H and O–H groups in total. The number of phenolic OH excluding ortho intramolecular Hbond substituents is 1. The molecule has 0 saturated carbocycles. The highest BCUT2D eigenvalue weighted by Gasteiger charge is 2.17. The molecule has 0 aliphatic carbocycles. The molecule has 1 aliphatic rings. The number of nitrogens with zero attached hydrogens (tertiary/aromatic N) is 1. The molecule has 1 aliphatic heterocycles. The molecule has 0 aromatic heterocycles. The lowest BCUT2D eigenvalue weighted by molar-refractivity contribution is 0.102. The van der Waals surface area contributed by atoms with Crippen molar-refractivity contribution in [1.29, 1.82) is 0 Å². The van der Waals surface area contributed by atoms with Gasteiger partial charge in [-0.2, -0.15) is 0 Å². The van der Waals surface area contributed by atoms with Crippen molar-refractivity contribution in [2.45, 2.75) is 19.8 Å². The number of hydrogen-bond donors (Lipinski definition) is 1. The van der Waals surface area contributed by atoms with Crippen LogP contribution < -0.4 is 0 Å². The first-order chi connectivity index (χ1) is 9.08. The predicted molar refractivity (Wildman–Crippen MR) is 83.0 cm³/mol. The second-order valence-electron chi connectivity index (χ2n) is 4.69. The Kier molecular flexibility index (Phi) is 4.82. The summed E-state index contributed by atoms with van der Waals surface area (Å²) in [6.45, 7) is 3.87. The number of ketones is 1. The van der Waals surface area contributed by atoms with Crippen molar-refractivity contribution >= 4 is 34.1 Å². The molecule has 3 nitrogen and oxygen atoms in total. The zero-order valence-corrected chi connectivity index (χ0v) is 12.5. The van der Waals surface area contributed by atoms with Gasteiger partial charge in [-0.05, 0) is 37.5 Å². The zero-order chi connectivity index (χ0) is 13.8. The van der Waals surface area contributed by atoms with Gasteiger partial charge in [0.2, 0.25) is 0 Å². The molecule has 5 heteroatoms. The number of hydrogen-bond acceptors (Lipinski definition) is 4. The van der Waals surface area contributed by atoms with Crippen LogP contribution in [0.2, 0.25) is 0 Å². The maximum absolute atomic E-state index is 12.0. The fourth-order valence-corrected chi connectivity index (χ4v) is 3.21. The van der Waals surface area contributed by atoms with E-state index < -0.39 is 0 Å². The van der Waals surface area contributed by atoms with Gasteiger partial charge in [0.05, 0.1) is 11.3 Å². The van der Waals surface area contributed by atoms with Crippen LogP contribution in [0.1, 0.15) is 28.8 Å². The highest BCUT2D eigenvalue weighted by molar-refractivity contribution is 8.23. The monoisotopic (exact) mass is 295 g/mol. The normalized spacial score (nSPS) is 14.7. The molecule has 102 valence electrons. The van der Waals surface area contributed by atoms with Crippen LogP contribution in [0.25, 0.3) is 0 Å². The van der Waals surface area contributed by atoms with E-state index in [4.69, 9.17) is 12.2 Å². The van der Waals surface area contributed by atoms with Crippen LogP contribution in [0.5, 0.6) is 5.75 Å². The van der Waals surface area contributed by atoms with Crippen LogP contribution in [0.15, 0.2) is 18.2 Å². The SMILES string of the molecule is Cc1ccc(C(=O)CSC(=S)N2CCCC2)c(O)c1. The summed E-state index contributed by atoms with van der Waals surface area (Å²) in [5.41, 5.74) is 1.32. The molecule has 0 bridgehead atoms. The van der Waals surface area contributed by atoms with Crippen molar-refractivity contribution in [2.75, 3.05) is 18.8 Å². The van der Waals surface area contributed by atoms with E-state index in [0.29, 0.717) is 5.56 Å². The smallest absolute Gasteiger partial charge is 0.176 e. The van der Waals surface area contributed by atoms with E-state index in [1.165, 1.54) is 24.6 Å². The summed E-state index contributed by atoms with van der Waals surface area (Å²) in [5, 5.41) is 9.77. The van der Waals surface area contributed by atoms with Crippen molar-refractivity contribution in [1.82, 2.24) is 4.90 Å². The fraction of sp³-hybridized carbons (Fsp3) is 0.429. The molecule has 1 aromatic carbocycles. The predicted octanol–water partition coefficient (Wildman–Crippen LogP) is 3.00. The molecule has 0 unspecified atom stereocenters. The van der Waals surface area contributed by atoms with Crippen LogP contribution in [0.4, 0.5) is 0 Å². The summed E-state index contributed by atoms with van der Waals surface area (Å²) in [5.74, 6) is 0.258. The number of aryl methyl sites for hydroxylation is 1. The Balaban J connectivity index is 1.92. The van der Waals surface area contributed by atoms with E-state index in [9.17, 15) is 9.90 Å². The first kappa shape index (κ1) is 14.3. The highest BCUT2D eigenvalue weighted by Crippen LogP contribution is 2.22. The minimum atomic E-state index is -0.0796. The number of carbonyl (C=O) groups excluding carboxylic acids is 1. The van der Waals surface area contributed by atoms with Crippen molar-refractivity contribution < 1.29 is 9.90 Å². The van der Waals surface area contributed by atoms with E-state index in [-0.39, 0.29) is 17.3 Å². The summed E-state index contributed by atoms with van der Waals surface area (Å²) in [4.78, 5) is 14.2. The molecule has 1 heterocycles. The van der Waals surface area contributed by atoms with Gasteiger partial charge in [-0.15, -0.1) is 0 Å². The molecular weight excluding hydrogens is 278 g/mol. The van der Waals surface area contributed by atoms with Gasteiger partial charge in [0.25, 0.3) is 0 Å². The van der Waals surface area contributed by atoms with Crippen LogP contribution >= 0.6 is 24.0 Å². The van der Waals surface area contributed by atoms with Crippen molar-refractivity contribution in [2.24, 2.45) is 0 Å². The van der Waals surface area contributed by atoms with Crippen LogP contribution in [0, 0.1) is 6.92 Å². The Hall–Kier alpha value is -1.07. The largest absolute Gasteiger partial charge is 0.507 e. The van der Waals surface area contributed by atoms with Gasteiger partial charge in [-0.3, -0.25) is 4.79 Å². The lowest BCUT2D eigenvalue weighted by atomic mass is 10.1. The van der Waals surface area contributed by atoms with Gasteiger partial charge in [0.15, 0.2) is 5.78 Å². The van der Waals surface area contributed by atoms with Gasteiger partial charge >= 0.3 is 0 Å². The van der Waals surface area contributed by atoms with E-state index in [2.05, 4.69) is 4.90 Å². The van der Waals surface area contributed by atoms with Gasteiger partial charge in [0, 0.05) is 13.1 Å². The number of phenols is 1. The third kappa shape index (κ3) is 3.70. The molecule has 1 fully saturated rings. The van der Waals surface area contributed by atoms with E-state index in [1.54, 1.807) is 12.1 Å². The Morgan fingerprint density at radius 1 is 1.42 bits per heavy atom. The number of carbonyl (C=O) groups is 1. The topological polar surface area (TPSA) is 40.5 Å². The Bertz CT molecular complexity index is 496. The number of thioether (sulfide) groups is 1. The number of likely N-dealkylation sites (tertiary alicyclic amines) is 1. The molecule has 19 heavy (non-hydrogen) atoms. The minimum Gasteiger partial charge on any atom is -0.507 e. The van der Waals surface area contributed by atoms with Crippen molar-refractivity contribution in [3.8, 4) is 5.75 Å². The minimum absolute atomic E-state index is 0.0534. The Morgan fingerprint density at radius 3 is 2.74 bits per heavy atom. The number of rotatable bonds is 3. The second-order valence-corrected chi connectivity index (χ2v) is 6.30. The molecule has 0 amide bonds. The van der Waals surface area contributed by atoms with Crippen molar-refractivity contribution in [3.63, 3.8) is 0 Å². The summed E-state index contributed by atoms with van der Waals surface area (Å²) < 4.78 is 0.789. The quantitative estimate of drug-likeness (QED) is 0.686.